The fraction of sp³-hybridized carbons (Fsp3) is 0.308. The smallest absolute Gasteiger partial charge is 0.244 e. The topological polar surface area (TPSA) is 93.0 Å². The zero-order valence-corrected chi connectivity index (χ0v) is 12.9. The van der Waals surface area contributed by atoms with E-state index in [-0.39, 0.29) is 24.9 Å². The molecule has 0 aliphatic carbocycles. The van der Waals surface area contributed by atoms with Gasteiger partial charge in [0.15, 0.2) is 0 Å². The van der Waals surface area contributed by atoms with E-state index in [1.165, 1.54) is 4.90 Å². The predicted molar refractivity (Wildman–Crippen MR) is 80.0 cm³/mol. The summed E-state index contributed by atoms with van der Waals surface area (Å²) in [4.78, 5) is 25.6. The van der Waals surface area contributed by atoms with E-state index in [0.717, 1.165) is 4.80 Å². The maximum atomic E-state index is 11.7. The molecule has 1 aromatic heterocycles. The molecule has 0 radical (unpaired) electrons. The van der Waals surface area contributed by atoms with Crippen LogP contribution in [0, 0.1) is 0 Å². The number of nitrogens with one attached hydrogen (secondary N) is 1. The van der Waals surface area contributed by atoms with Crippen LogP contribution in [-0.2, 0) is 16.1 Å². The van der Waals surface area contributed by atoms with E-state index in [4.69, 9.17) is 11.6 Å². The van der Waals surface area contributed by atoms with Crippen LogP contribution < -0.4 is 5.32 Å². The molecule has 0 saturated carbocycles. The molecule has 8 nitrogen and oxygen atoms in total. The van der Waals surface area contributed by atoms with Crippen molar-refractivity contribution in [1.82, 2.24) is 30.4 Å². The van der Waals surface area contributed by atoms with Crippen molar-refractivity contribution < 1.29 is 9.59 Å². The third-order valence-electron chi connectivity index (χ3n) is 2.79. The van der Waals surface area contributed by atoms with Crippen molar-refractivity contribution in [1.29, 1.82) is 0 Å². The lowest BCUT2D eigenvalue weighted by molar-refractivity contribution is -0.131. The second kappa shape index (κ2) is 6.99. The van der Waals surface area contributed by atoms with Crippen molar-refractivity contribution in [3.63, 3.8) is 0 Å². The number of aromatic nitrogens is 4. The predicted octanol–water partition coefficient (Wildman–Crippen LogP) is 0.198. The molecular formula is C13H15ClN6O2. The van der Waals surface area contributed by atoms with Crippen LogP contribution in [0.5, 0.6) is 0 Å². The van der Waals surface area contributed by atoms with Crippen molar-refractivity contribution in [2.75, 3.05) is 20.6 Å². The Balaban J connectivity index is 1.96. The molecule has 22 heavy (non-hydrogen) atoms. The summed E-state index contributed by atoms with van der Waals surface area (Å²) >= 11 is 6.05. The molecule has 0 atom stereocenters. The first-order valence-corrected chi connectivity index (χ1v) is 6.84. The van der Waals surface area contributed by atoms with Gasteiger partial charge in [-0.3, -0.25) is 9.59 Å². The first-order valence-electron chi connectivity index (χ1n) is 6.47. The van der Waals surface area contributed by atoms with Gasteiger partial charge in [-0.25, -0.2) is 0 Å². The van der Waals surface area contributed by atoms with Gasteiger partial charge in [-0.15, -0.1) is 10.2 Å². The molecular weight excluding hydrogens is 308 g/mol. The zero-order chi connectivity index (χ0) is 16.1. The van der Waals surface area contributed by atoms with Crippen molar-refractivity contribution in [3.8, 4) is 11.4 Å². The van der Waals surface area contributed by atoms with Gasteiger partial charge in [0.25, 0.3) is 0 Å². The summed E-state index contributed by atoms with van der Waals surface area (Å²) in [6.07, 6.45) is 0. The fourth-order valence-electron chi connectivity index (χ4n) is 1.58. The first kappa shape index (κ1) is 15.9. The lowest BCUT2D eigenvalue weighted by Gasteiger charge is -2.10. The first-order chi connectivity index (χ1) is 10.5. The number of rotatable bonds is 5. The summed E-state index contributed by atoms with van der Waals surface area (Å²) < 4.78 is 0. The Bertz CT molecular complexity index is 685. The Labute approximate surface area is 132 Å². The van der Waals surface area contributed by atoms with Crippen LogP contribution in [0.25, 0.3) is 11.4 Å². The van der Waals surface area contributed by atoms with E-state index < -0.39 is 0 Å². The third-order valence-corrected chi connectivity index (χ3v) is 3.12. The minimum Gasteiger partial charge on any atom is -0.347 e. The molecule has 1 N–H and O–H groups in total. The Morgan fingerprint density at radius 1 is 1.32 bits per heavy atom. The van der Waals surface area contributed by atoms with Gasteiger partial charge >= 0.3 is 0 Å². The number of hydrogen-bond donors (Lipinski definition) is 1. The van der Waals surface area contributed by atoms with Crippen LogP contribution >= 0.6 is 11.6 Å². The molecule has 9 heteroatoms. The highest BCUT2D eigenvalue weighted by Crippen LogP contribution is 2.23. The minimum absolute atomic E-state index is 0.0715. The lowest BCUT2D eigenvalue weighted by atomic mass is 10.2. The van der Waals surface area contributed by atoms with Crippen LogP contribution in [0.1, 0.15) is 0 Å². The number of nitrogens with zero attached hydrogens (tertiary/aromatic N) is 5. The Morgan fingerprint density at radius 3 is 2.73 bits per heavy atom. The molecule has 1 aromatic carbocycles. The normalized spacial score (nSPS) is 10.3. The number of hydrogen-bond acceptors (Lipinski definition) is 5. The monoisotopic (exact) mass is 322 g/mol. The maximum absolute atomic E-state index is 11.7. The van der Waals surface area contributed by atoms with E-state index in [1.54, 1.807) is 32.3 Å². The van der Waals surface area contributed by atoms with Crippen LogP contribution in [0.4, 0.5) is 0 Å². The summed E-state index contributed by atoms with van der Waals surface area (Å²) in [7, 11) is 3.23. The molecule has 0 unspecified atom stereocenters. The summed E-state index contributed by atoms with van der Waals surface area (Å²) in [5.41, 5.74) is 0.638. The second-order valence-electron chi connectivity index (χ2n) is 4.69. The Hall–Kier alpha value is -2.48. The lowest BCUT2D eigenvalue weighted by Crippen LogP contribution is -2.38. The van der Waals surface area contributed by atoms with E-state index in [2.05, 4.69) is 20.7 Å². The number of likely N-dealkylation sites (N-methyl/N-ethyl adjacent to an activating group) is 1. The van der Waals surface area contributed by atoms with Crippen LogP contribution in [-0.4, -0.2) is 57.6 Å². The van der Waals surface area contributed by atoms with E-state index in [9.17, 15) is 9.59 Å². The number of halogens is 1. The van der Waals surface area contributed by atoms with Gasteiger partial charge in [0.05, 0.1) is 11.6 Å². The zero-order valence-electron chi connectivity index (χ0n) is 12.2. The van der Waals surface area contributed by atoms with Crippen LogP contribution in [0.3, 0.4) is 0 Å². The SMILES string of the molecule is CN(C)C(=O)CNC(=O)Cn1nnc(-c2ccccc2Cl)n1. The molecule has 2 amide bonds. The largest absolute Gasteiger partial charge is 0.347 e. The molecule has 0 bridgehead atoms. The second-order valence-corrected chi connectivity index (χ2v) is 5.10. The molecule has 0 saturated heterocycles. The van der Waals surface area contributed by atoms with Gasteiger partial charge in [-0.1, -0.05) is 23.7 Å². The number of benzene rings is 1. The molecule has 1 heterocycles. The average molecular weight is 323 g/mol. The Morgan fingerprint density at radius 2 is 2.05 bits per heavy atom. The Kier molecular flexibility index (Phi) is 5.05. The van der Waals surface area contributed by atoms with Gasteiger partial charge in [0.2, 0.25) is 17.6 Å². The molecule has 0 fully saturated rings. The summed E-state index contributed by atoms with van der Waals surface area (Å²) in [6.45, 7) is -0.198. The highest BCUT2D eigenvalue weighted by Gasteiger charge is 2.12. The van der Waals surface area contributed by atoms with Gasteiger partial charge < -0.3 is 10.2 Å². The summed E-state index contributed by atoms with van der Waals surface area (Å²) in [5, 5.41) is 14.8. The number of carbonyl (C=O) groups is 2. The molecule has 0 spiro atoms. The third kappa shape index (κ3) is 4.01. The van der Waals surface area contributed by atoms with Crippen molar-refractivity contribution in [2.45, 2.75) is 6.54 Å². The molecule has 116 valence electrons. The highest BCUT2D eigenvalue weighted by atomic mass is 35.5. The van der Waals surface area contributed by atoms with Crippen LogP contribution in [0.15, 0.2) is 24.3 Å². The average Bonchev–Trinajstić information content (AvgIpc) is 2.93. The minimum atomic E-state index is -0.377. The van der Waals surface area contributed by atoms with Crippen molar-refractivity contribution in [2.24, 2.45) is 0 Å². The standard InChI is InChI=1S/C13H15ClN6O2/c1-19(2)12(22)7-15-11(21)8-20-17-13(16-18-20)9-5-3-4-6-10(9)14/h3-6H,7-8H2,1-2H3,(H,15,21). The highest BCUT2D eigenvalue weighted by molar-refractivity contribution is 6.33. The van der Waals surface area contributed by atoms with Gasteiger partial charge in [0, 0.05) is 19.7 Å². The number of tetrazole rings is 1. The number of carbonyl (C=O) groups excluding carboxylic acids is 2. The van der Waals surface area contributed by atoms with Crippen molar-refractivity contribution in [3.05, 3.63) is 29.3 Å². The van der Waals surface area contributed by atoms with Crippen LogP contribution in [0.2, 0.25) is 5.02 Å². The molecule has 2 aromatic rings. The quantitative estimate of drug-likeness (QED) is 0.848. The van der Waals surface area contributed by atoms with E-state index in [0.29, 0.717) is 16.4 Å². The van der Waals surface area contributed by atoms with Gasteiger partial charge in [-0.05, 0) is 17.3 Å². The van der Waals surface area contributed by atoms with E-state index in [1.807, 2.05) is 6.07 Å². The van der Waals surface area contributed by atoms with Gasteiger partial charge in [-0.2, -0.15) is 4.80 Å². The van der Waals surface area contributed by atoms with Crippen molar-refractivity contribution >= 4 is 23.4 Å². The fourth-order valence-corrected chi connectivity index (χ4v) is 1.80. The summed E-state index contributed by atoms with van der Waals surface area (Å²) in [5.74, 6) is -0.238. The summed E-state index contributed by atoms with van der Waals surface area (Å²) in [6, 6.07) is 7.09. The molecule has 0 aliphatic rings. The maximum Gasteiger partial charge on any atom is 0.244 e. The number of amides is 2. The van der Waals surface area contributed by atoms with Gasteiger partial charge in [0.1, 0.15) is 6.54 Å². The molecule has 2 rings (SSSR count). The molecule has 0 aliphatic heterocycles. The van der Waals surface area contributed by atoms with E-state index >= 15 is 0 Å².